The Morgan fingerprint density at radius 2 is 1.94 bits per heavy atom. The highest BCUT2D eigenvalue weighted by Crippen LogP contribution is 2.22. The third-order valence-electron chi connectivity index (χ3n) is 2.07. The van der Waals surface area contributed by atoms with E-state index < -0.39 is 26.2 Å². The molecule has 1 aromatic carbocycles. The monoisotopic (exact) mass is 273 g/mol. The molecule has 18 heavy (non-hydrogen) atoms. The number of hydrogen-bond acceptors (Lipinski definition) is 5. The zero-order chi connectivity index (χ0) is 14.0. The summed E-state index contributed by atoms with van der Waals surface area (Å²) in [4.78, 5) is 9.66. The molecule has 0 aliphatic heterocycles. The fraction of sp³-hybridized carbons (Fsp3) is 0.400. The van der Waals surface area contributed by atoms with Gasteiger partial charge in [0, 0.05) is 18.2 Å². The molecule has 0 atom stereocenters. The first-order valence-corrected chi connectivity index (χ1v) is 6.64. The van der Waals surface area contributed by atoms with E-state index in [4.69, 9.17) is 5.73 Å². The zero-order valence-electron chi connectivity index (χ0n) is 10.1. The third kappa shape index (κ3) is 3.76. The average molecular weight is 273 g/mol. The summed E-state index contributed by atoms with van der Waals surface area (Å²) in [5, 5.41) is 10.8. The number of nitro benzene ring substituents is 1. The summed E-state index contributed by atoms with van der Waals surface area (Å²) in [6.07, 6.45) is 0. The predicted octanol–water partition coefficient (Wildman–Crippen LogP) is 0.610. The molecule has 0 amide bonds. The standard InChI is InChI=1S/C10H15N3O4S/c1-10(2,11)7-12-18(16,17)9-6-4-3-5-8(9)13(14)15/h3-6,12H,7,11H2,1-2H3. The minimum Gasteiger partial charge on any atom is -0.324 e. The molecule has 100 valence electrons. The van der Waals surface area contributed by atoms with Crippen LogP contribution in [-0.4, -0.2) is 25.4 Å². The van der Waals surface area contributed by atoms with Crippen molar-refractivity contribution in [2.45, 2.75) is 24.3 Å². The molecule has 0 aromatic heterocycles. The van der Waals surface area contributed by atoms with Crippen LogP contribution in [0.1, 0.15) is 13.8 Å². The number of nitro groups is 1. The lowest BCUT2D eigenvalue weighted by molar-refractivity contribution is -0.387. The molecule has 0 unspecified atom stereocenters. The molecule has 7 nitrogen and oxygen atoms in total. The van der Waals surface area contributed by atoms with E-state index in [0.29, 0.717) is 0 Å². The number of benzene rings is 1. The fourth-order valence-electron chi connectivity index (χ4n) is 1.19. The smallest absolute Gasteiger partial charge is 0.289 e. The Balaban J connectivity index is 3.10. The second-order valence-corrected chi connectivity index (χ2v) is 6.27. The molecule has 8 heteroatoms. The van der Waals surface area contributed by atoms with E-state index in [1.165, 1.54) is 18.2 Å². The van der Waals surface area contributed by atoms with Gasteiger partial charge in [-0.25, -0.2) is 13.1 Å². The SMILES string of the molecule is CC(C)(N)CNS(=O)(=O)c1ccccc1[N+](=O)[O-]. The molecule has 0 spiro atoms. The van der Waals surface area contributed by atoms with E-state index in [0.717, 1.165) is 6.07 Å². The molecule has 0 aliphatic rings. The van der Waals surface area contributed by atoms with Crippen molar-refractivity contribution >= 4 is 15.7 Å². The van der Waals surface area contributed by atoms with Crippen LogP contribution in [-0.2, 0) is 10.0 Å². The molecule has 0 radical (unpaired) electrons. The normalized spacial score (nSPS) is 12.4. The first-order chi connectivity index (χ1) is 8.13. The highest BCUT2D eigenvalue weighted by Gasteiger charge is 2.26. The highest BCUT2D eigenvalue weighted by molar-refractivity contribution is 7.89. The van der Waals surface area contributed by atoms with Gasteiger partial charge in [0.25, 0.3) is 5.69 Å². The Morgan fingerprint density at radius 1 is 1.39 bits per heavy atom. The summed E-state index contributed by atoms with van der Waals surface area (Å²) in [6, 6.07) is 5.16. The van der Waals surface area contributed by atoms with E-state index in [-0.39, 0.29) is 11.4 Å². The van der Waals surface area contributed by atoms with Gasteiger partial charge >= 0.3 is 0 Å². The predicted molar refractivity (Wildman–Crippen MR) is 66.6 cm³/mol. The third-order valence-corrected chi connectivity index (χ3v) is 3.52. The summed E-state index contributed by atoms with van der Waals surface area (Å²) in [5.74, 6) is 0. The van der Waals surface area contributed by atoms with Crippen molar-refractivity contribution in [3.8, 4) is 0 Å². The molecule has 1 aromatic rings. The van der Waals surface area contributed by atoms with Gasteiger partial charge in [0.05, 0.1) is 4.92 Å². The van der Waals surface area contributed by atoms with Crippen molar-refractivity contribution < 1.29 is 13.3 Å². The van der Waals surface area contributed by atoms with Crippen molar-refractivity contribution in [3.05, 3.63) is 34.4 Å². The van der Waals surface area contributed by atoms with Crippen molar-refractivity contribution in [2.24, 2.45) is 5.73 Å². The van der Waals surface area contributed by atoms with Gasteiger partial charge in [0.2, 0.25) is 10.0 Å². The minimum atomic E-state index is -3.94. The maximum absolute atomic E-state index is 11.9. The van der Waals surface area contributed by atoms with Gasteiger partial charge in [-0.05, 0) is 19.9 Å². The molecule has 0 heterocycles. The maximum Gasteiger partial charge on any atom is 0.289 e. The topological polar surface area (TPSA) is 115 Å². The molecule has 0 aliphatic carbocycles. The van der Waals surface area contributed by atoms with Gasteiger partial charge in [-0.1, -0.05) is 12.1 Å². The Hall–Kier alpha value is -1.51. The second kappa shape index (κ2) is 5.01. The number of nitrogens with one attached hydrogen (secondary N) is 1. The summed E-state index contributed by atoms with van der Waals surface area (Å²) in [6.45, 7) is 3.28. The largest absolute Gasteiger partial charge is 0.324 e. The van der Waals surface area contributed by atoms with E-state index in [1.54, 1.807) is 13.8 Å². The van der Waals surface area contributed by atoms with Crippen LogP contribution in [0.4, 0.5) is 5.69 Å². The van der Waals surface area contributed by atoms with E-state index in [1.807, 2.05) is 0 Å². The van der Waals surface area contributed by atoms with Gasteiger partial charge in [-0.3, -0.25) is 10.1 Å². The quantitative estimate of drug-likeness (QED) is 0.602. The Labute approximate surface area is 105 Å². The molecular formula is C10H15N3O4S. The number of para-hydroxylation sites is 1. The van der Waals surface area contributed by atoms with Gasteiger partial charge in [0.1, 0.15) is 0 Å². The average Bonchev–Trinajstić information content (AvgIpc) is 2.26. The first kappa shape index (κ1) is 14.6. The first-order valence-electron chi connectivity index (χ1n) is 5.15. The second-order valence-electron chi connectivity index (χ2n) is 4.54. The van der Waals surface area contributed by atoms with Gasteiger partial charge in [0.15, 0.2) is 4.90 Å². The van der Waals surface area contributed by atoms with Crippen LogP contribution in [0.3, 0.4) is 0 Å². The van der Waals surface area contributed by atoms with Gasteiger partial charge < -0.3 is 5.73 Å². The van der Waals surface area contributed by atoms with Crippen molar-refractivity contribution in [3.63, 3.8) is 0 Å². The lowest BCUT2D eigenvalue weighted by Crippen LogP contribution is -2.45. The lowest BCUT2D eigenvalue weighted by atomic mass is 10.1. The van der Waals surface area contributed by atoms with Crippen LogP contribution in [0, 0.1) is 10.1 Å². The summed E-state index contributed by atoms with van der Waals surface area (Å²) < 4.78 is 26.1. The van der Waals surface area contributed by atoms with Crippen LogP contribution in [0.2, 0.25) is 0 Å². The molecule has 3 N–H and O–H groups in total. The van der Waals surface area contributed by atoms with Crippen molar-refractivity contribution in [2.75, 3.05) is 6.54 Å². The Morgan fingerprint density at radius 3 is 2.44 bits per heavy atom. The molecule has 0 bridgehead atoms. The summed E-state index contributed by atoms with van der Waals surface area (Å²) >= 11 is 0. The minimum absolute atomic E-state index is 0.0125. The summed E-state index contributed by atoms with van der Waals surface area (Å²) in [5.41, 5.74) is 4.46. The molecular weight excluding hydrogens is 258 g/mol. The number of nitrogens with zero attached hydrogens (tertiary/aromatic N) is 1. The van der Waals surface area contributed by atoms with Crippen LogP contribution in [0.15, 0.2) is 29.2 Å². The lowest BCUT2D eigenvalue weighted by Gasteiger charge is -2.18. The highest BCUT2D eigenvalue weighted by atomic mass is 32.2. The zero-order valence-corrected chi connectivity index (χ0v) is 10.9. The van der Waals surface area contributed by atoms with Gasteiger partial charge in [-0.2, -0.15) is 0 Å². The van der Waals surface area contributed by atoms with E-state index in [9.17, 15) is 18.5 Å². The van der Waals surface area contributed by atoms with Crippen LogP contribution in [0.5, 0.6) is 0 Å². The molecule has 0 saturated heterocycles. The van der Waals surface area contributed by atoms with E-state index in [2.05, 4.69) is 4.72 Å². The van der Waals surface area contributed by atoms with E-state index >= 15 is 0 Å². The van der Waals surface area contributed by atoms with Crippen LogP contribution >= 0.6 is 0 Å². The molecule has 1 rings (SSSR count). The number of rotatable bonds is 5. The van der Waals surface area contributed by atoms with Crippen molar-refractivity contribution in [1.29, 1.82) is 0 Å². The number of sulfonamides is 1. The van der Waals surface area contributed by atoms with Crippen LogP contribution in [0.25, 0.3) is 0 Å². The van der Waals surface area contributed by atoms with Gasteiger partial charge in [-0.15, -0.1) is 0 Å². The molecule has 0 fully saturated rings. The Bertz CT molecular complexity index is 548. The molecule has 0 saturated carbocycles. The maximum atomic E-state index is 11.9. The fourth-order valence-corrected chi connectivity index (χ4v) is 2.59. The number of hydrogen-bond donors (Lipinski definition) is 2. The van der Waals surface area contributed by atoms with Crippen LogP contribution < -0.4 is 10.5 Å². The summed E-state index contributed by atoms with van der Waals surface area (Å²) in [7, 11) is -3.94. The Kier molecular flexibility index (Phi) is 4.05. The van der Waals surface area contributed by atoms with Crippen molar-refractivity contribution in [1.82, 2.24) is 4.72 Å². The number of nitrogens with two attached hydrogens (primary N) is 1.